The predicted molar refractivity (Wildman–Crippen MR) is 135 cm³/mol. The van der Waals surface area contributed by atoms with Gasteiger partial charge in [-0.3, -0.25) is 14.7 Å². The largest absolute Gasteiger partial charge is 0.431 e. The van der Waals surface area contributed by atoms with Gasteiger partial charge in [0, 0.05) is 23.7 Å². The summed E-state index contributed by atoms with van der Waals surface area (Å²) in [7, 11) is 0. The Morgan fingerprint density at radius 1 is 1.09 bits per heavy atom. The summed E-state index contributed by atoms with van der Waals surface area (Å²) in [4.78, 5) is 29.5. The van der Waals surface area contributed by atoms with Gasteiger partial charge in [-0.05, 0) is 49.3 Å². The number of aromatic amines is 1. The fourth-order valence-corrected chi connectivity index (χ4v) is 4.63. The van der Waals surface area contributed by atoms with Gasteiger partial charge in [0.1, 0.15) is 5.69 Å². The van der Waals surface area contributed by atoms with Gasteiger partial charge in [-0.15, -0.1) is 0 Å². The van der Waals surface area contributed by atoms with E-state index in [0.29, 0.717) is 23.8 Å². The fraction of sp³-hybridized carbons (Fsp3) is 0.481. The van der Waals surface area contributed by atoms with Crippen LogP contribution in [0.5, 0.6) is 0 Å². The van der Waals surface area contributed by atoms with Crippen molar-refractivity contribution < 1.29 is 14.0 Å². The van der Waals surface area contributed by atoms with E-state index in [1.807, 2.05) is 38.1 Å². The van der Waals surface area contributed by atoms with Crippen LogP contribution in [0.2, 0.25) is 0 Å². The smallest absolute Gasteiger partial charge is 0.288 e. The molecule has 0 atom stereocenters. The molecule has 0 saturated heterocycles. The average Bonchev–Trinajstić information content (AvgIpc) is 3.57. The summed E-state index contributed by atoms with van der Waals surface area (Å²) in [5.41, 5.74) is 2.76. The molecular formula is C27H35N5O3. The highest BCUT2D eigenvalue weighted by Crippen LogP contribution is 2.35. The van der Waals surface area contributed by atoms with Crippen molar-refractivity contribution in [1.29, 1.82) is 0 Å². The van der Waals surface area contributed by atoms with Gasteiger partial charge in [0.25, 0.3) is 11.8 Å². The maximum atomic E-state index is 12.7. The molecule has 35 heavy (non-hydrogen) atoms. The van der Waals surface area contributed by atoms with E-state index in [-0.39, 0.29) is 29.0 Å². The highest BCUT2D eigenvalue weighted by molar-refractivity contribution is 5.93. The standard InChI is InChI=1S/C27H35N5O3/c1-4-20(5-2)30-24(33)22-15-21(31-32-22)18-10-9-11-19(14-18)26-28-16-23(35-26)25(34)29-17-27(3)12-7-6-8-13-27/h9-11,14-16,20H,4-8,12-13,17H2,1-3H3,(H,29,34)(H,30,33)(H,31,32). The van der Waals surface area contributed by atoms with Crippen molar-refractivity contribution in [3.8, 4) is 22.7 Å². The number of aromatic nitrogens is 3. The second-order valence-corrected chi connectivity index (χ2v) is 9.82. The summed E-state index contributed by atoms with van der Waals surface area (Å²) in [5.74, 6) is 0.152. The molecule has 1 saturated carbocycles. The normalized spacial score (nSPS) is 15.2. The van der Waals surface area contributed by atoms with E-state index < -0.39 is 0 Å². The van der Waals surface area contributed by atoms with Crippen molar-refractivity contribution in [1.82, 2.24) is 25.8 Å². The zero-order valence-electron chi connectivity index (χ0n) is 20.8. The molecule has 0 spiro atoms. The Kier molecular flexibility index (Phi) is 7.68. The van der Waals surface area contributed by atoms with E-state index >= 15 is 0 Å². The fourth-order valence-electron chi connectivity index (χ4n) is 4.63. The lowest BCUT2D eigenvalue weighted by Gasteiger charge is -2.33. The average molecular weight is 478 g/mol. The number of benzene rings is 1. The highest BCUT2D eigenvalue weighted by Gasteiger charge is 2.28. The summed E-state index contributed by atoms with van der Waals surface area (Å²) >= 11 is 0. The first-order valence-corrected chi connectivity index (χ1v) is 12.6. The first kappa shape index (κ1) is 24.7. The third kappa shape index (κ3) is 5.99. The van der Waals surface area contributed by atoms with Gasteiger partial charge in [0.15, 0.2) is 0 Å². The summed E-state index contributed by atoms with van der Waals surface area (Å²) in [5, 5.41) is 13.2. The van der Waals surface area contributed by atoms with E-state index in [0.717, 1.165) is 36.8 Å². The molecule has 0 bridgehead atoms. The minimum Gasteiger partial charge on any atom is -0.431 e. The maximum Gasteiger partial charge on any atom is 0.288 e. The van der Waals surface area contributed by atoms with Crippen LogP contribution in [-0.4, -0.2) is 39.6 Å². The van der Waals surface area contributed by atoms with Crippen molar-refractivity contribution >= 4 is 11.8 Å². The summed E-state index contributed by atoms with van der Waals surface area (Å²) in [6.45, 7) is 6.98. The zero-order chi connectivity index (χ0) is 24.8. The molecule has 2 heterocycles. The minimum atomic E-state index is -0.243. The Labute approximate surface area is 206 Å². The molecule has 4 rings (SSSR count). The molecule has 8 heteroatoms. The number of hydrogen-bond acceptors (Lipinski definition) is 5. The van der Waals surface area contributed by atoms with Gasteiger partial charge in [-0.1, -0.05) is 52.2 Å². The number of carbonyl (C=O) groups is 2. The Hall–Kier alpha value is -3.42. The first-order valence-electron chi connectivity index (χ1n) is 12.6. The van der Waals surface area contributed by atoms with Crippen LogP contribution in [0.25, 0.3) is 22.7 Å². The molecule has 8 nitrogen and oxygen atoms in total. The molecule has 1 aromatic carbocycles. The molecular weight excluding hydrogens is 442 g/mol. The molecule has 3 N–H and O–H groups in total. The van der Waals surface area contributed by atoms with E-state index in [9.17, 15) is 9.59 Å². The van der Waals surface area contributed by atoms with Gasteiger partial charge in [0.05, 0.1) is 11.9 Å². The molecule has 1 aliphatic carbocycles. The Morgan fingerprint density at radius 3 is 2.57 bits per heavy atom. The van der Waals surface area contributed by atoms with Gasteiger partial charge >= 0.3 is 0 Å². The van der Waals surface area contributed by atoms with Gasteiger partial charge in [0.2, 0.25) is 11.7 Å². The topological polar surface area (TPSA) is 113 Å². The number of nitrogens with zero attached hydrogens (tertiary/aromatic N) is 2. The minimum absolute atomic E-state index is 0.138. The highest BCUT2D eigenvalue weighted by atomic mass is 16.4. The number of amides is 2. The van der Waals surface area contributed by atoms with Gasteiger partial charge in [-0.25, -0.2) is 4.98 Å². The summed E-state index contributed by atoms with van der Waals surface area (Å²) < 4.78 is 5.79. The van der Waals surface area contributed by atoms with Crippen molar-refractivity contribution in [3.05, 3.63) is 48.0 Å². The number of rotatable bonds is 9. The summed E-state index contributed by atoms with van der Waals surface area (Å²) in [6.07, 6.45) is 9.20. The van der Waals surface area contributed by atoms with Crippen molar-refractivity contribution in [2.45, 2.75) is 71.8 Å². The van der Waals surface area contributed by atoms with Crippen LogP contribution in [0, 0.1) is 5.41 Å². The molecule has 1 aliphatic rings. The van der Waals surface area contributed by atoms with Crippen LogP contribution in [0.15, 0.2) is 40.9 Å². The van der Waals surface area contributed by atoms with Gasteiger partial charge in [-0.2, -0.15) is 5.10 Å². The monoisotopic (exact) mass is 477 g/mol. The summed E-state index contributed by atoms with van der Waals surface area (Å²) in [6, 6.07) is 9.40. The van der Waals surface area contributed by atoms with Crippen molar-refractivity contribution in [2.75, 3.05) is 6.54 Å². The zero-order valence-corrected chi connectivity index (χ0v) is 20.8. The quantitative estimate of drug-likeness (QED) is 0.384. The Morgan fingerprint density at radius 2 is 1.83 bits per heavy atom. The molecule has 0 radical (unpaired) electrons. The third-order valence-corrected chi connectivity index (χ3v) is 7.01. The van der Waals surface area contributed by atoms with Crippen LogP contribution in [0.1, 0.15) is 86.8 Å². The van der Waals surface area contributed by atoms with E-state index in [2.05, 4.69) is 32.7 Å². The number of oxazole rings is 1. The van der Waals surface area contributed by atoms with Crippen LogP contribution in [-0.2, 0) is 0 Å². The third-order valence-electron chi connectivity index (χ3n) is 7.01. The van der Waals surface area contributed by atoms with Gasteiger partial charge < -0.3 is 15.1 Å². The molecule has 2 amide bonds. The molecule has 0 unspecified atom stereocenters. The van der Waals surface area contributed by atoms with Crippen LogP contribution in [0.4, 0.5) is 0 Å². The molecule has 1 fully saturated rings. The number of nitrogens with one attached hydrogen (secondary N) is 3. The SMILES string of the molecule is CCC(CC)NC(=O)c1cc(-c2cccc(-c3ncc(C(=O)NCC4(C)CCCCC4)o3)c2)n[nH]1. The number of carbonyl (C=O) groups excluding carboxylic acids is 2. The maximum absolute atomic E-state index is 12.7. The lowest BCUT2D eigenvalue weighted by Crippen LogP contribution is -2.36. The number of hydrogen-bond donors (Lipinski definition) is 3. The molecule has 0 aliphatic heterocycles. The van der Waals surface area contributed by atoms with E-state index in [1.165, 1.54) is 25.5 Å². The van der Waals surface area contributed by atoms with E-state index in [4.69, 9.17) is 4.42 Å². The molecule has 186 valence electrons. The molecule has 3 aromatic rings. The van der Waals surface area contributed by atoms with Crippen molar-refractivity contribution in [2.24, 2.45) is 5.41 Å². The first-order chi connectivity index (χ1) is 16.9. The van der Waals surface area contributed by atoms with Crippen LogP contribution < -0.4 is 10.6 Å². The van der Waals surface area contributed by atoms with Crippen molar-refractivity contribution in [3.63, 3.8) is 0 Å². The second kappa shape index (κ2) is 10.9. The number of H-pyrrole nitrogens is 1. The second-order valence-electron chi connectivity index (χ2n) is 9.82. The van der Waals surface area contributed by atoms with E-state index in [1.54, 1.807) is 6.07 Å². The lowest BCUT2D eigenvalue weighted by molar-refractivity contribution is 0.0891. The Balaban J connectivity index is 1.43. The molecule has 2 aromatic heterocycles. The lowest BCUT2D eigenvalue weighted by atomic mass is 9.76. The predicted octanol–water partition coefficient (Wildman–Crippen LogP) is 5.35. The van der Waals surface area contributed by atoms with Crippen LogP contribution in [0.3, 0.4) is 0 Å². The van der Waals surface area contributed by atoms with Crippen LogP contribution >= 0.6 is 0 Å². The Bertz CT molecular complexity index is 1160.